The molecule has 0 fully saturated rings. The minimum atomic E-state index is -3.36. The van der Waals surface area contributed by atoms with Gasteiger partial charge in [0, 0.05) is 18.9 Å². The molecule has 0 aliphatic heterocycles. The number of aryl methyl sites for hydroxylation is 1. The Morgan fingerprint density at radius 2 is 2.07 bits per heavy atom. The number of nitrogens with zero attached hydrogens (tertiary/aromatic N) is 2. The van der Waals surface area contributed by atoms with Crippen LogP contribution in [0.1, 0.15) is 12.1 Å². The van der Waals surface area contributed by atoms with Gasteiger partial charge in [-0.05, 0) is 13.3 Å². The maximum Gasteiger partial charge on any atom is 0.209 e. The summed E-state index contributed by atoms with van der Waals surface area (Å²) in [6.45, 7) is 2.34. The van der Waals surface area contributed by atoms with Gasteiger partial charge in [-0.1, -0.05) is 0 Å². The van der Waals surface area contributed by atoms with Gasteiger partial charge in [0.2, 0.25) is 10.0 Å². The maximum absolute atomic E-state index is 10.6. The molecule has 0 aromatic carbocycles. The lowest BCUT2D eigenvalue weighted by molar-refractivity contribution is 0.595. The van der Waals surface area contributed by atoms with Crippen LogP contribution < -0.4 is 10.5 Å². The van der Waals surface area contributed by atoms with Crippen molar-refractivity contribution in [2.24, 2.45) is 5.14 Å². The van der Waals surface area contributed by atoms with Gasteiger partial charge in [0.1, 0.15) is 5.82 Å². The van der Waals surface area contributed by atoms with Gasteiger partial charge in [-0.25, -0.2) is 18.5 Å². The minimum Gasteiger partial charge on any atom is -0.369 e. The molecule has 1 aromatic rings. The highest BCUT2D eigenvalue weighted by molar-refractivity contribution is 7.89. The van der Waals surface area contributed by atoms with Gasteiger partial charge in [0.05, 0.1) is 11.4 Å². The van der Waals surface area contributed by atoms with Gasteiger partial charge in [-0.15, -0.1) is 0 Å². The van der Waals surface area contributed by atoms with Crippen LogP contribution in [0.5, 0.6) is 0 Å². The molecule has 0 amide bonds. The van der Waals surface area contributed by atoms with Crippen molar-refractivity contribution in [1.82, 2.24) is 9.97 Å². The van der Waals surface area contributed by atoms with Crippen LogP contribution in [-0.4, -0.2) is 30.7 Å². The monoisotopic (exact) mass is 230 g/mol. The van der Waals surface area contributed by atoms with Gasteiger partial charge >= 0.3 is 0 Å². The molecule has 1 rings (SSSR count). The highest BCUT2D eigenvalue weighted by Gasteiger charge is 2.02. The molecule has 3 N–H and O–H groups in total. The molecule has 1 aromatic heterocycles. The van der Waals surface area contributed by atoms with E-state index in [4.69, 9.17) is 5.14 Å². The van der Waals surface area contributed by atoms with Crippen molar-refractivity contribution in [1.29, 1.82) is 0 Å². The van der Waals surface area contributed by atoms with Crippen LogP contribution in [0, 0.1) is 6.92 Å². The number of sulfonamides is 1. The van der Waals surface area contributed by atoms with E-state index in [1.807, 2.05) is 6.92 Å². The molecule has 0 bridgehead atoms. The second kappa shape index (κ2) is 5.04. The molecule has 15 heavy (non-hydrogen) atoms. The first-order chi connectivity index (χ1) is 6.99. The van der Waals surface area contributed by atoms with Gasteiger partial charge in [-0.3, -0.25) is 4.98 Å². The Bertz CT molecular complexity index is 418. The third kappa shape index (κ3) is 4.71. The Hall–Kier alpha value is -1.21. The third-order valence-electron chi connectivity index (χ3n) is 1.78. The SMILES string of the molecule is Cc1nccnc1NCCCS(N)(=O)=O. The number of nitrogens with two attached hydrogens (primary N) is 1. The van der Waals surface area contributed by atoms with Gasteiger partial charge in [0.15, 0.2) is 0 Å². The summed E-state index contributed by atoms with van der Waals surface area (Å²) < 4.78 is 21.3. The fourth-order valence-electron chi connectivity index (χ4n) is 1.06. The zero-order chi connectivity index (χ0) is 11.3. The van der Waals surface area contributed by atoms with Crippen molar-refractivity contribution in [3.63, 3.8) is 0 Å². The van der Waals surface area contributed by atoms with E-state index in [-0.39, 0.29) is 5.75 Å². The Morgan fingerprint density at radius 3 is 2.67 bits per heavy atom. The highest BCUT2D eigenvalue weighted by atomic mass is 32.2. The van der Waals surface area contributed by atoms with E-state index in [1.54, 1.807) is 12.4 Å². The molecule has 84 valence electrons. The zero-order valence-corrected chi connectivity index (χ0v) is 9.29. The van der Waals surface area contributed by atoms with E-state index in [0.717, 1.165) is 5.69 Å². The number of nitrogens with one attached hydrogen (secondary N) is 1. The predicted molar refractivity (Wildman–Crippen MR) is 57.8 cm³/mol. The lowest BCUT2D eigenvalue weighted by Crippen LogP contribution is -2.19. The number of hydrogen-bond acceptors (Lipinski definition) is 5. The number of aromatic nitrogens is 2. The van der Waals surface area contributed by atoms with Crippen LogP contribution in [0.2, 0.25) is 0 Å². The number of primary sulfonamides is 1. The summed E-state index contributed by atoms with van der Waals surface area (Å²) in [6, 6.07) is 0. The van der Waals surface area contributed by atoms with E-state index in [0.29, 0.717) is 18.8 Å². The largest absolute Gasteiger partial charge is 0.369 e. The van der Waals surface area contributed by atoms with Crippen molar-refractivity contribution < 1.29 is 8.42 Å². The maximum atomic E-state index is 10.6. The molecule has 0 aliphatic carbocycles. The molecule has 6 nitrogen and oxygen atoms in total. The summed E-state index contributed by atoms with van der Waals surface area (Å²) in [7, 11) is -3.36. The first-order valence-electron chi connectivity index (χ1n) is 4.51. The second-order valence-electron chi connectivity index (χ2n) is 3.14. The lowest BCUT2D eigenvalue weighted by Gasteiger charge is -2.06. The summed E-state index contributed by atoms with van der Waals surface area (Å²) in [5, 5.41) is 7.85. The van der Waals surface area contributed by atoms with E-state index in [1.165, 1.54) is 0 Å². The third-order valence-corrected chi connectivity index (χ3v) is 2.64. The molecule has 0 unspecified atom stereocenters. The fraction of sp³-hybridized carbons (Fsp3) is 0.500. The molecule has 0 saturated carbocycles. The number of anilines is 1. The Balaban J connectivity index is 2.36. The molecule has 7 heteroatoms. The molecular weight excluding hydrogens is 216 g/mol. The van der Waals surface area contributed by atoms with Crippen molar-refractivity contribution in [3.05, 3.63) is 18.1 Å². The fourth-order valence-corrected chi connectivity index (χ4v) is 1.61. The lowest BCUT2D eigenvalue weighted by atomic mass is 10.4. The van der Waals surface area contributed by atoms with E-state index >= 15 is 0 Å². The summed E-state index contributed by atoms with van der Waals surface area (Å²) in [6.07, 6.45) is 3.63. The molecule has 0 spiro atoms. The van der Waals surface area contributed by atoms with Crippen LogP contribution in [0.25, 0.3) is 0 Å². The number of rotatable bonds is 5. The van der Waals surface area contributed by atoms with E-state index in [2.05, 4.69) is 15.3 Å². The van der Waals surface area contributed by atoms with Gasteiger partial charge < -0.3 is 5.32 Å². The quantitative estimate of drug-likeness (QED) is 0.687. The molecule has 0 saturated heterocycles. The standard InChI is InChI=1S/C8H14N4O2S/c1-7-8(12-5-4-10-7)11-3-2-6-15(9,13)14/h4-5H,2-3,6H2,1H3,(H,11,12)(H2,9,13,14). The summed E-state index contributed by atoms with van der Waals surface area (Å²) >= 11 is 0. The first-order valence-corrected chi connectivity index (χ1v) is 6.22. The second-order valence-corrected chi connectivity index (χ2v) is 4.87. The molecular formula is C8H14N4O2S. The minimum absolute atomic E-state index is 0.0285. The van der Waals surface area contributed by atoms with Crippen LogP contribution in [0.15, 0.2) is 12.4 Å². The Kier molecular flexibility index (Phi) is 3.98. The summed E-state index contributed by atoms with van der Waals surface area (Å²) in [4.78, 5) is 8.10. The van der Waals surface area contributed by atoms with E-state index < -0.39 is 10.0 Å². The van der Waals surface area contributed by atoms with E-state index in [9.17, 15) is 8.42 Å². The van der Waals surface area contributed by atoms with Crippen LogP contribution in [-0.2, 0) is 10.0 Å². The van der Waals surface area contributed by atoms with Crippen LogP contribution >= 0.6 is 0 Å². The zero-order valence-electron chi connectivity index (χ0n) is 8.47. The highest BCUT2D eigenvalue weighted by Crippen LogP contribution is 2.05. The van der Waals surface area contributed by atoms with Crippen molar-refractivity contribution >= 4 is 15.8 Å². The number of hydrogen-bond donors (Lipinski definition) is 2. The Morgan fingerprint density at radius 1 is 1.40 bits per heavy atom. The van der Waals surface area contributed by atoms with Crippen molar-refractivity contribution in [3.8, 4) is 0 Å². The molecule has 0 atom stereocenters. The Labute approximate surface area is 89.0 Å². The van der Waals surface area contributed by atoms with Crippen molar-refractivity contribution in [2.75, 3.05) is 17.6 Å². The summed E-state index contributed by atoms with van der Waals surface area (Å²) in [5.74, 6) is 0.645. The van der Waals surface area contributed by atoms with Crippen molar-refractivity contribution in [2.45, 2.75) is 13.3 Å². The normalized spacial score (nSPS) is 11.3. The molecule has 0 aliphatic rings. The first kappa shape index (κ1) is 11.9. The summed E-state index contributed by atoms with van der Waals surface area (Å²) in [5.41, 5.74) is 0.785. The predicted octanol–water partition coefficient (Wildman–Crippen LogP) is -0.124. The van der Waals surface area contributed by atoms with Gasteiger partial charge in [-0.2, -0.15) is 0 Å². The molecule has 1 heterocycles. The topological polar surface area (TPSA) is 98.0 Å². The molecule has 0 radical (unpaired) electrons. The van der Waals surface area contributed by atoms with Crippen LogP contribution in [0.3, 0.4) is 0 Å². The average Bonchev–Trinajstić information content (AvgIpc) is 2.13. The van der Waals surface area contributed by atoms with Crippen LogP contribution in [0.4, 0.5) is 5.82 Å². The smallest absolute Gasteiger partial charge is 0.209 e. The van der Waals surface area contributed by atoms with Gasteiger partial charge in [0.25, 0.3) is 0 Å². The average molecular weight is 230 g/mol.